The molecule has 2 fully saturated rings. The Morgan fingerprint density at radius 3 is 1.59 bits per heavy atom. The summed E-state index contributed by atoms with van der Waals surface area (Å²) < 4.78 is 8.74. The van der Waals surface area contributed by atoms with Gasteiger partial charge in [-0.3, -0.25) is 24.5 Å². The van der Waals surface area contributed by atoms with Crippen molar-refractivity contribution in [3.8, 4) is 0 Å². The van der Waals surface area contributed by atoms with Gasteiger partial charge in [-0.25, -0.2) is 9.59 Å². The van der Waals surface area contributed by atoms with E-state index in [2.05, 4.69) is 14.8 Å². The average molecular weight is 590 g/mol. The van der Waals surface area contributed by atoms with Crippen molar-refractivity contribution in [3.05, 3.63) is 0 Å². The molecule has 0 bridgehead atoms. The summed E-state index contributed by atoms with van der Waals surface area (Å²) in [6, 6.07) is -1.02. The number of hydrogen-bond donors (Lipinski definition) is 2. The smallest absolute Gasteiger partial charge is 0.415 e. The number of imide groups is 1. The van der Waals surface area contributed by atoms with Crippen LogP contribution in [0.3, 0.4) is 0 Å². The van der Waals surface area contributed by atoms with Crippen molar-refractivity contribution in [2.45, 2.75) is 89.4 Å². The van der Waals surface area contributed by atoms with E-state index in [0.717, 1.165) is 12.8 Å². The molecule has 0 radical (unpaired) electrons. The van der Waals surface area contributed by atoms with E-state index in [-0.39, 0.29) is 17.9 Å². The van der Waals surface area contributed by atoms with Gasteiger partial charge in [-0.05, 0) is 39.5 Å². The van der Waals surface area contributed by atoms with Gasteiger partial charge in [0.1, 0.15) is 12.1 Å². The number of carbonyl (C=O) groups excluding carboxylic acids is 6. The van der Waals surface area contributed by atoms with E-state index in [4.69, 9.17) is 40.5 Å². The van der Waals surface area contributed by atoms with E-state index in [0.29, 0.717) is 38.8 Å². The highest BCUT2D eigenvalue weighted by Crippen LogP contribution is 2.16. The van der Waals surface area contributed by atoms with Crippen LogP contribution in [-0.4, -0.2) is 81.2 Å². The Kier molecular flexibility index (Phi) is 16.9. The minimum absolute atomic E-state index is 0.0562. The van der Waals surface area contributed by atoms with Crippen LogP contribution in [0.5, 0.6) is 0 Å². The second kappa shape index (κ2) is 18.0. The molecule has 0 aromatic heterocycles. The molecule has 212 valence electrons. The number of nitrogens with two attached hydrogens (primary N) is 1. The molecule has 2 aliphatic rings. The molecule has 5 amide bonds. The number of rotatable bonds is 8. The maximum atomic E-state index is 11.8. The molecule has 37 heavy (non-hydrogen) atoms. The van der Waals surface area contributed by atoms with Crippen LogP contribution in [0.25, 0.3) is 0 Å². The highest BCUT2D eigenvalue weighted by molar-refractivity contribution is 6.61. The van der Waals surface area contributed by atoms with Crippen molar-refractivity contribution in [1.29, 1.82) is 0 Å². The van der Waals surface area contributed by atoms with Crippen molar-refractivity contribution >= 4 is 70.0 Å². The number of alkyl carbamates (subject to hydrolysis) is 1. The summed E-state index contributed by atoms with van der Waals surface area (Å²) in [6.07, 6.45) is 2.76. The molecule has 2 rings (SSSR count). The minimum atomic E-state index is -0.896. The number of primary amides is 1. The van der Waals surface area contributed by atoms with Gasteiger partial charge in [-0.15, -0.1) is 0 Å². The standard InChI is InChI=1S/C11H17ClN2O4.C8H14N2O2.C3H4Cl2O2/c1-3-8(14-6-4-5-9(14)15)10(16)13-11(17)18-7(2)12;1-2-6(8(9)12)10-5-3-4-7(10)11;1-2(4)7-3(5)6/h7-8H,3-6H2,1-2H3,(H,13,16,17);6H,2-5H2,1H3,(H2,9,12);2H,1H3/t7?,8-;6-;/m00./s1. The van der Waals surface area contributed by atoms with Gasteiger partial charge in [-0.1, -0.05) is 37.0 Å². The van der Waals surface area contributed by atoms with Crippen LogP contribution in [0.4, 0.5) is 9.59 Å². The van der Waals surface area contributed by atoms with Crippen LogP contribution in [0.1, 0.15) is 66.2 Å². The van der Waals surface area contributed by atoms with E-state index in [9.17, 15) is 28.8 Å². The van der Waals surface area contributed by atoms with Crippen LogP contribution in [0, 0.1) is 0 Å². The topological polar surface area (TPSA) is 165 Å². The zero-order valence-electron chi connectivity index (χ0n) is 21.3. The summed E-state index contributed by atoms with van der Waals surface area (Å²) in [5, 5.41) is 2.08. The first-order valence-electron chi connectivity index (χ1n) is 11.8. The maximum Gasteiger partial charge on any atom is 0.415 e. The quantitative estimate of drug-likeness (QED) is 0.322. The lowest BCUT2D eigenvalue weighted by molar-refractivity contribution is -0.137. The highest BCUT2D eigenvalue weighted by atomic mass is 35.5. The fourth-order valence-electron chi connectivity index (χ4n) is 3.61. The summed E-state index contributed by atoms with van der Waals surface area (Å²) in [7, 11) is 0. The van der Waals surface area contributed by atoms with Gasteiger partial charge in [0.25, 0.3) is 5.91 Å². The van der Waals surface area contributed by atoms with E-state index in [1.807, 2.05) is 6.92 Å². The predicted octanol–water partition coefficient (Wildman–Crippen LogP) is 3.04. The van der Waals surface area contributed by atoms with Gasteiger partial charge in [-0.2, -0.15) is 0 Å². The van der Waals surface area contributed by atoms with Crippen LogP contribution >= 0.6 is 34.8 Å². The molecule has 2 unspecified atom stereocenters. The van der Waals surface area contributed by atoms with E-state index >= 15 is 0 Å². The lowest BCUT2D eigenvalue weighted by atomic mass is 10.2. The summed E-state index contributed by atoms with van der Waals surface area (Å²) in [4.78, 5) is 69.5. The number of alkyl halides is 2. The zero-order valence-corrected chi connectivity index (χ0v) is 23.6. The molecular weight excluding hydrogens is 555 g/mol. The Hall–Kier alpha value is -2.31. The van der Waals surface area contributed by atoms with Crippen molar-refractivity contribution in [3.63, 3.8) is 0 Å². The van der Waals surface area contributed by atoms with Crippen LogP contribution in [0.15, 0.2) is 0 Å². The molecule has 0 aliphatic carbocycles. The molecular formula is C22H35Cl3N4O8. The third-order valence-electron chi connectivity index (χ3n) is 5.13. The first-order chi connectivity index (χ1) is 17.2. The Labute approximate surface area is 231 Å². The highest BCUT2D eigenvalue weighted by Gasteiger charge is 2.32. The van der Waals surface area contributed by atoms with Gasteiger partial charge in [0.15, 0.2) is 11.1 Å². The van der Waals surface area contributed by atoms with Gasteiger partial charge < -0.3 is 25.0 Å². The molecule has 2 saturated heterocycles. The molecule has 15 heteroatoms. The van der Waals surface area contributed by atoms with Crippen LogP contribution in [-0.2, 0) is 28.7 Å². The van der Waals surface area contributed by atoms with Crippen LogP contribution < -0.4 is 11.1 Å². The van der Waals surface area contributed by atoms with Crippen molar-refractivity contribution in [2.24, 2.45) is 5.73 Å². The molecule has 3 N–H and O–H groups in total. The van der Waals surface area contributed by atoms with Crippen molar-refractivity contribution in [2.75, 3.05) is 13.1 Å². The Balaban J connectivity index is 0.000000586. The molecule has 0 aromatic carbocycles. The molecule has 0 aromatic rings. The summed E-state index contributed by atoms with van der Waals surface area (Å²) in [6.45, 7) is 7.84. The molecule has 0 saturated carbocycles. The number of nitrogens with one attached hydrogen (secondary N) is 1. The van der Waals surface area contributed by atoms with Gasteiger partial charge in [0.05, 0.1) is 0 Å². The van der Waals surface area contributed by atoms with Gasteiger partial charge >= 0.3 is 11.5 Å². The first-order valence-corrected chi connectivity index (χ1v) is 13.0. The minimum Gasteiger partial charge on any atom is -0.434 e. The van der Waals surface area contributed by atoms with Crippen molar-refractivity contribution < 1.29 is 38.2 Å². The zero-order chi connectivity index (χ0) is 28.7. The monoisotopic (exact) mass is 588 g/mol. The van der Waals surface area contributed by atoms with E-state index < -0.39 is 40.5 Å². The number of amides is 5. The maximum absolute atomic E-state index is 11.8. The summed E-state index contributed by atoms with van der Waals surface area (Å²) in [5.41, 5.74) is 2.84. The number of ether oxygens (including phenoxy) is 2. The molecule has 4 atom stereocenters. The lowest BCUT2D eigenvalue weighted by Gasteiger charge is -2.25. The number of likely N-dealkylation sites (tertiary alicyclic amines) is 2. The van der Waals surface area contributed by atoms with E-state index in [1.165, 1.54) is 18.7 Å². The SMILES string of the molecule is CC(Cl)OC(=O)Cl.CC[C@@H](C(=O)NC(=O)OC(C)Cl)N1CCCC1=O.CC[C@@H](C(N)=O)N1CCCC1=O. The molecule has 2 heterocycles. The number of nitrogens with zero attached hydrogens (tertiary/aromatic N) is 2. The second-order valence-corrected chi connectivity index (χ2v) is 9.51. The van der Waals surface area contributed by atoms with Gasteiger partial charge in [0.2, 0.25) is 17.7 Å². The number of halogens is 3. The normalized spacial score (nSPS) is 17.8. The molecule has 0 spiro atoms. The molecule has 12 nitrogen and oxygen atoms in total. The number of hydrogen-bond acceptors (Lipinski definition) is 8. The van der Waals surface area contributed by atoms with E-state index in [1.54, 1.807) is 11.8 Å². The third kappa shape index (κ3) is 13.7. The summed E-state index contributed by atoms with van der Waals surface area (Å²) >= 11 is 15.3. The summed E-state index contributed by atoms with van der Waals surface area (Å²) in [5.74, 6) is -0.931. The fraction of sp³-hybridized carbons (Fsp3) is 0.727. The Morgan fingerprint density at radius 1 is 0.892 bits per heavy atom. The van der Waals surface area contributed by atoms with Gasteiger partial charge in [0, 0.05) is 37.5 Å². The van der Waals surface area contributed by atoms with Crippen LogP contribution in [0.2, 0.25) is 0 Å². The fourth-order valence-corrected chi connectivity index (χ4v) is 3.95. The lowest BCUT2D eigenvalue weighted by Crippen LogP contribution is -2.49. The number of carbonyl (C=O) groups is 6. The predicted molar refractivity (Wildman–Crippen MR) is 137 cm³/mol. The Bertz CT molecular complexity index is 813. The largest absolute Gasteiger partial charge is 0.434 e. The first kappa shape index (κ1) is 34.7. The third-order valence-corrected chi connectivity index (χ3v) is 5.39. The molecule has 2 aliphatic heterocycles. The second-order valence-electron chi connectivity index (χ2n) is 7.97. The van der Waals surface area contributed by atoms with Crippen molar-refractivity contribution in [1.82, 2.24) is 15.1 Å². The average Bonchev–Trinajstić information content (AvgIpc) is 3.37. The Morgan fingerprint density at radius 2 is 1.32 bits per heavy atom.